The second-order valence-electron chi connectivity index (χ2n) is 20.7. The van der Waals surface area contributed by atoms with E-state index in [1.54, 1.807) is 6.08 Å². The molecule has 0 aromatic heterocycles. The van der Waals surface area contributed by atoms with E-state index in [0.717, 1.165) is 103 Å². The number of hydrogen-bond acceptors (Lipinski definition) is 10. The van der Waals surface area contributed by atoms with E-state index >= 15 is 0 Å². The van der Waals surface area contributed by atoms with Crippen LogP contribution in [0, 0.1) is 0 Å². The Labute approximate surface area is 446 Å². The van der Waals surface area contributed by atoms with Gasteiger partial charge in [-0.2, -0.15) is 0 Å². The van der Waals surface area contributed by atoms with Crippen molar-refractivity contribution in [3.8, 4) is 0 Å². The first-order chi connectivity index (χ1) is 35.7. The lowest BCUT2D eigenvalue weighted by Crippen LogP contribution is -2.60. The van der Waals surface area contributed by atoms with Gasteiger partial charge in [0, 0.05) is 12.8 Å². The summed E-state index contributed by atoms with van der Waals surface area (Å²) in [6, 6.07) is -0.847. The first-order valence-corrected chi connectivity index (χ1v) is 30.1. The number of unbranched alkanes of at least 4 members (excludes halogenated alkanes) is 29. The molecule has 7 atom stereocenters. The molecule has 1 aliphatic rings. The molecule has 1 rings (SSSR count). The fraction of sp³-hybridized carbons (Fsp3) is 0.806. The molecule has 0 spiro atoms. The van der Waals surface area contributed by atoms with E-state index < -0.39 is 49.5 Å². The molecule has 0 saturated carbocycles. The van der Waals surface area contributed by atoms with Gasteiger partial charge in [-0.05, 0) is 89.9 Å². The summed E-state index contributed by atoms with van der Waals surface area (Å²) in [5.74, 6) is -0.246. The normalized spacial score (nSPS) is 19.4. The summed E-state index contributed by atoms with van der Waals surface area (Å²) in [6.07, 6.45) is 56.2. The highest BCUT2D eigenvalue weighted by molar-refractivity contribution is 5.76. The maximum Gasteiger partial charge on any atom is 0.305 e. The van der Waals surface area contributed by atoms with E-state index in [1.165, 1.54) is 122 Å². The van der Waals surface area contributed by atoms with Crippen LogP contribution in [0.15, 0.2) is 60.8 Å². The van der Waals surface area contributed by atoms with Gasteiger partial charge in [0.05, 0.1) is 32.0 Å². The third-order valence-corrected chi connectivity index (χ3v) is 13.8. The number of esters is 1. The van der Waals surface area contributed by atoms with E-state index in [2.05, 4.69) is 67.8 Å². The predicted molar refractivity (Wildman–Crippen MR) is 301 cm³/mol. The Morgan fingerprint density at radius 3 is 1.49 bits per heavy atom. The summed E-state index contributed by atoms with van der Waals surface area (Å²) >= 11 is 0. The van der Waals surface area contributed by atoms with Gasteiger partial charge in [0.15, 0.2) is 6.29 Å². The van der Waals surface area contributed by atoms with Crippen molar-refractivity contribution in [3.05, 3.63) is 60.8 Å². The van der Waals surface area contributed by atoms with E-state index in [1.807, 2.05) is 6.08 Å². The minimum atomic E-state index is -1.59. The monoisotopic (exact) mass is 1030 g/mol. The zero-order valence-corrected chi connectivity index (χ0v) is 46.6. The highest BCUT2D eigenvalue weighted by atomic mass is 16.7. The Kier molecular flexibility index (Phi) is 48.2. The largest absolute Gasteiger partial charge is 0.466 e. The third-order valence-electron chi connectivity index (χ3n) is 13.8. The molecule has 11 heteroatoms. The summed E-state index contributed by atoms with van der Waals surface area (Å²) < 4.78 is 16.6. The molecule has 1 amide bonds. The van der Waals surface area contributed by atoms with Crippen LogP contribution in [-0.2, 0) is 23.8 Å². The first kappa shape index (κ1) is 68.4. The van der Waals surface area contributed by atoms with Gasteiger partial charge >= 0.3 is 5.97 Å². The van der Waals surface area contributed by atoms with Gasteiger partial charge in [-0.15, -0.1) is 0 Å². The molecule has 424 valence electrons. The minimum absolute atomic E-state index is 0.0300. The second-order valence-corrected chi connectivity index (χ2v) is 20.7. The third kappa shape index (κ3) is 41.2. The van der Waals surface area contributed by atoms with E-state index in [4.69, 9.17) is 14.2 Å². The molecule has 0 aromatic carbocycles. The summed E-state index contributed by atoms with van der Waals surface area (Å²) in [6.45, 7) is 4.14. The smallest absolute Gasteiger partial charge is 0.305 e. The molecule has 1 fully saturated rings. The van der Waals surface area contributed by atoms with Gasteiger partial charge in [0.2, 0.25) is 5.91 Å². The van der Waals surface area contributed by atoms with Crippen molar-refractivity contribution in [1.82, 2.24) is 5.32 Å². The molecule has 11 nitrogen and oxygen atoms in total. The van der Waals surface area contributed by atoms with Crippen molar-refractivity contribution >= 4 is 11.9 Å². The van der Waals surface area contributed by atoms with E-state index in [9.17, 15) is 35.1 Å². The number of ether oxygens (including phenoxy) is 3. The Balaban J connectivity index is 2.07. The Hall–Kier alpha value is -2.64. The number of hydrogen-bond donors (Lipinski definition) is 6. The maximum atomic E-state index is 13.0. The van der Waals surface area contributed by atoms with E-state index in [-0.39, 0.29) is 18.5 Å². The lowest BCUT2D eigenvalue weighted by atomic mass is 9.99. The van der Waals surface area contributed by atoms with Crippen LogP contribution in [0.4, 0.5) is 0 Å². The lowest BCUT2D eigenvalue weighted by molar-refractivity contribution is -0.302. The molecule has 6 N–H and O–H groups in total. The van der Waals surface area contributed by atoms with E-state index in [0.29, 0.717) is 25.9 Å². The second kappa shape index (κ2) is 51.5. The quantitative estimate of drug-likeness (QED) is 0.0195. The van der Waals surface area contributed by atoms with Crippen LogP contribution in [-0.4, -0.2) is 100 Å². The Bertz CT molecular complexity index is 1400. The molecule has 0 bridgehead atoms. The fourth-order valence-corrected chi connectivity index (χ4v) is 9.09. The van der Waals surface area contributed by atoms with Crippen LogP contribution in [0.3, 0.4) is 0 Å². The zero-order chi connectivity index (χ0) is 53.1. The molecule has 73 heavy (non-hydrogen) atoms. The van der Waals surface area contributed by atoms with Crippen molar-refractivity contribution in [1.29, 1.82) is 0 Å². The number of allylic oxidation sites excluding steroid dienone is 9. The van der Waals surface area contributed by atoms with Crippen LogP contribution in [0.25, 0.3) is 0 Å². The molecule has 7 unspecified atom stereocenters. The average Bonchev–Trinajstić information content (AvgIpc) is 3.39. The first-order valence-electron chi connectivity index (χ1n) is 30.1. The molecule has 0 radical (unpaired) electrons. The van der Waals surface area contributed by atoms with Gasteiger partial charge in [-0.1, -0.05) is 216 Å². The topological polar surface area (TPSA) is 175 Å². The van der Waals surface area contributed by atoms with Crippen LogP contribution in [0.1, 0.15) is 258 Å². The minimum Gasteiger partial charge on any atom is -0.466 e. The molecule has 1 heterocycles. The fourth-order valence-electron chi connectivity index (χ4n) is 9.09. The van der Waals surface area contributed by atoms with Gasteiger partial charge in [-0.25, -0.2) is 0 Å². The summed E-state index contributed by atoms with van der Waals surface area (Å²) in [5.41, 5.74) is 0. The van der Waals surface area contributed by atoms with Crippen molar-refractivity contribution in [2.45, 2.75) is 301 Å². The SMILES string of the molecule is CC/C=C/CC/C=C/CC/C=C/C(O)C(COC1OC(CO)C(O)C(O)C1O)NC(=O)CCCCCCCCC/C=C\C/C=C\CCCCCOC(=O)CCCCCCCCCCCCCCCCCCCC. The maximum absolute atomic E-state index is 13.0. The predicted octanol–water partition coefficient (Wildman–Crippen LogP) is 13.8. The van der Waals surface area contributed by atoms with Crippen molar-refractivity contribution in [2.75, 3.05) is 19.8 Å². The number of nitrogens with one attached hydrogen (secondary N) is 1. The molecular formula is C62H111NO10. The number of rotatable bonds is 51. The molecule has 0 aromatic rings. The zero-order valence-electron chi connectivity index (χ0n) is 46.6. The van der Waals surface area contributed by atoms with Crippen LogP contribution >= 0.6 is 0 Å². The number of carbonyl (C=O) groups is 2. The molecular weight excluding hydrogens is 919 g/mol. The summed E-state index contributed by atoms with van der Waals surface area (Å²) in [5, 5.41) is 54.2. The highest BCUT2D eigenvalue weighted by Gasteiger charge is 2.44. The van der Waals surface area contributed by atoms with Gasteiger partial charge in [0.1, 0.15) is 24.4 Å². The Morgan fingerprint density at radius 1 is 0.521 bits per heavy atom. The average molecular weight is 1030 g/mol. The number of amides is 1. The number of aliphatic hydroxyl groups is 5. The lowest BCUT2D eigenvalue weighted by Gasteiger charge is -2.40. The summed E-state index contributed by atoms with van der Waals surface area (Å²) in [4.78, 5) is 25.1. The highest BCUT2D eigenvalue weighted by Crippen LogP contribution is 2.23. The molecule has 1 saturated heterocycles. The number of aliphatic hydroxyl groups excluding tert-OH is 5. The molecule has 1 aliphatic heterocycles. The van der Waals surface area contributed by atoms with Gasteiger partial charge in [-0.3, -0.25) is 9.59 Å². The Morgan fingerprint density at radius 2 is 0.973 bits per heavy atom. The van der Waals surface area contributed by atoms with Crippen LogP contribution < -0.4 is 5.32 Å². The molecule has 0 aliphatic carbocycles. The standard InChI is InChI=1S/C62H111NO10/c1-3-5-7-9-11-13-15-16-17-18-21-24-27-30-34-38-42-46-50-58(67)71-51-47-43-39-35-31-28-25-22-19-20-23-26-29-33-37-41-45-49-57(66)63-54(53-72-62-61(70)60(69)59(68)56(52-64)73-62)55(65)48-44-40-36-32-14-12-10-8-6-4-2/h6,8,14,19,22,28,31-32,44,48,54-56,59-62,64-65,68-70H,3-5,7,9-13,15-18,20-21,23-27,29-30,33-43,45-47,49-53H2,1-2H3,(H,63,66)/b8-6+,22-19-,31-28-,32-14+,48-44+. The van der Waals surface area contributed by atoms with Crippen molar-refractivity contribution < 1.29 is 49.3 Å². The number of carbonyl (C=O) groups excluding carboxylic acids is 2. The summed E-state index contributed by atoms with van der Waals surface area (Å²) in [7, 11) is 0. The van der Waals surface area contributed by atoms with Crippen molar-refractivity contribution in [2.24, 2.45) is 0 Å². The van der Waals surface area contributed by atoms with Gasteiger partial charge in [0.25, 0.3) is 0 Å². The van der Waals surface area contributed by atoms with Crippen molar-refractivity contribution in [3.63, 3.8) is 0 Å². The van der Waals surface area contributed by atoms with Crippen LogP contribution in [0.5, 0.6) is 0 Å². The van der Waals surface area contributed by atoms with Crippen LogP contribution in [0.2, 0.25) is 0 Å². The van der Waals surface area contributed by atoms with Gasteiger partial charge < -0.3 is 45.1 Å².